The van der Waals surface area contributed by atoms with Crippen LogP contribution in [0.5, 0.6) is 5.75 Å². The molecule has 0 aromatic heterocycles. The largest absolute Gasteiger partial charge is 0.496 e. The second-order valence-electron chi connectivity index (χ2n) is 4.14. The molecule has 1 aromatic carbocycles. The summed E-state index contributed by atoms with van der Waals surface area (Å²) in [5.74, 6) is 0.873. The molecule has 0 saturated carbocycles. The van der Waals surface area contributed by atoms with Gasteiger partial charge in [0.05, 0.1) is 20.6 Å². The van der Waals surface area contributed by atoms with Crippen LogP contribution in [-0.2, 0) is 16.1 Å². The summed E-state index contributed by atoms with van der Waals surface area (Å²) >= 11 is 0. The van der Waals surface area contributed by atoms with Gasteiger partial charge in [-0.15, -0.1) is 0 Å². The summed E-state index contributed by atoms with van der Waals surface area (Å²) in [5, 5.41) is 3.31. The number of ether oxygens (including phenoxy) is 2. The van der Waals surface area contributed by atoms with E-state index in [9.17, 15) is 4.79 Å². The van der Waals surface area contributed by atoms with Crippen LogP contribution in [0, 0.1) is 0 Å². The molecule has 0 spiro atoms. The Balaban J connectivity index is 2.28. The van der Waals surface area contributed by atoms with Gasteiger partial charge in [-0.3, -0.25) is 4.79 Å². The van der Waals surface area contributed by atoms with E-state index in [1.165, 1.54) is 12.7 Å². The molecule has 0 radical (unpaired) electrons. The highest BCUT2D eigenvalue weighted by Gasteiger charge is 2.24. The molecule has 0 fully saturated rings. The fourth-order valence-electron chi connectivity index (χ4n) is 2.29. The summed E-state index contributed by atoms with van der Waals surface area (Å²) in [6.07, 6.45) is 0.406. The first kappa shape index (κ1) is 11.9. The fourth-order valence-corrected chi connectivity index (χ4v) is 2.29. The topological polar surface area (TPSA) is 47.6 Å². The molecule has 92 valence electrons. The van der Waals surface area contributed by atoms with Crippen molar-refractivity contribution >= 4 is 5.97 Å². The summed E-state index contributed by atoms with van der Waals surface area (Å²) in [6, 6.07) is 5.97. The molecule has 1 atom stereocenters. The molecule has 1 aliphatic rings. The lowest BCUT2D eigenvalue weighted by molar-refractivity contribution is -0.141. The minimum absolute atomic E-state index is 0.168. The number of fused-ring (bicyclic) bond motifs is 1. The predicted molar refractivity (Wildman–Crippen MR) is 64.1 cm³/mol. The quantitative estimate of drug-likeness (QED) is 0.805. The Labute approximate surface area is 101 Å². The highest BCUT2D eigenvalue weighted by atomic mass is 16.5. The maximum Gasteiger partial charge on any atom is 0.306 e. The molecule has 0 amide bonds. The van der Waals surface area contributed by atoms with Crippen molar-refractivity contribution in [2.24, 2.45) is 0 Å². The minimum Gasteiger partial charge on any atom is -0.496 e. The van der Waals surface area contributed by atoms with Crippen molar-refractivity contribution in [1.82, 2.24) is 5.32 Å². The minimum atomic E-state index is -0.174. The second kappa shape index (κ2) is 5.19. The smallest absolute Gasteiger partial charge is 0.306 e. The van der Waals surface area contributed by atoms with Gasteiger partial charge >= 0.3 is 5.97 Å². The second-order valence-corrected chi connectivity index (χ2v) is 4.14. The zero-order valence-electron chi connectivity index (χ0n) is 10.2. The van der Waals surface area contributed by atoms with Crippen LogP contribution in [0.1, 0.15) is 23.5 Å². The van der Waals surface area contributed by atoms with E-state index in [4.69, 9.17) is 9.47 Å². The van der Waals surface area contributed by atoms with E-state index in [1.54, 1.807) is 7.11 Å². The number of carbonyl (C=O) groups excluding carboxylic acids is 1. The molecule has 1 aromatic rings. The normalized spacial score (nSPS) is 18.4. The van der Waals surface area contributed by atoms with Crippen molar-refractivity contribution in [3.63, 3.8) is 0 Å². The molecule has 4 nitrogen and oxygen atoms in total. The Bertz CT molecular complexity index is 417. The monoisotopic (exact) mass is 235 g/mol. The van der Waals surface area contributed by atoms with Gasteiger partial charge in [0.2, 0.25) is 0 Å². The number of benzene rings is 1. The first-order valence-corrected chi connectivity index (χ1v) is 5.69. The van der Waals surface area contributed by atoms with Crippen molar-refractivity contribution in [2.75, 3.05) is 20.8 Å². The summed E-state index contributed by atoms with van der Waals surface area (Å²) in [4.78, 5) is 11.4. The molecule has 0 aliphatic carbocycles. The number of carbonyl (C=O) groups is 1. The molecule has 1 aliphatic heterocycles. The highest BCUT2D eigenvalue weighted by molar-refractivity contribution is 5.70. The number of esters is 1. The molecule has 17 heavy (non-hydrogen) atoms. The lowest BCUT2D eigenvalue weighted by atomic mass is 9.88. The molecular formula is C13H17NO3. The van der Waals surface area contributed by atoms with Gasteiger partial charge in [0.25, 0.3) is 0 Å². The van der Waals surface area contributed by atoms with Gasteiger partial charge in [0.1, 0.15) is 5.75 Å². The van der Waals surface area contributed by atoms with Crippen molar-refractivity contribution in [2.45, 2.75) is 18.9 Å². The van der Waals surface area contributed by atoms with Crippen LogP contribution >= 0.6 is 0 Å². The zero-order valence-corrected chi connectivity index (χ0v) is 10.2. The van der Waals surface area contributed by atoms with E-state index in [-0.39, 0.29) is 11.9 Å². The van der Waals surface area contributed by atoms with Crippen LogP contribution in [-0.4, -0.2) is 26.7 Å². The summed E-state index contributed by atoms with van der Waals surface area (Å²) in [6.45, 7) is 1.59. The number of rotatable bonds is 3. The lowest BCUT2D eigenvalue weighted by Gasteiger charge is -2.27. The molecule has 1 unspecified atom stereocenters. The number of hydrogen-bond donors (Lipinski definition) is 1. The Kier molecular flexibility index (Phi) is 3.64. The van der Waals surface area contributed by atoms with Crippen LogP contribution in [0.3, 0.4) is 0 Å². The molecule has 0 saturated heterocycles. The van der Waals surface area contributed by atoms with Gasteiger partial charge in [-0.1, -0.05) is 12.1 Å². The maximum absolute atomic E-state index is 11.4. The number of hydrogen-bond acceptors (Lipinski definition) is 4. The van der Waals surface area contributed by atoms with Crippen molar-refractivity contribution in [1.29, 1.82) is 0 Å². The van der Waals surface area contributed by atoms with Gasteiger partial charge in [-0.25, -0.2) is 0 Å². The van der Waals surface area contributed by atoms with Gasteiger partial charge in [0.15, 0.2) is 0 Å². The first-order chi connectivity index (χ1) is 8.26. The summed E-state index contributed by atoms with van der Waals surface area (Å²) in [5.41, 5.74) is 2.34. The average Bonchev–Trinajstić information content (AvgIpc) is 2.38. The van der Waals surface area contributed by atoms with Crippen LogP contribution < -0.4 is 10.1 Å². The molecule has 1 heterocycles. The van der Waals surface area contributed by atoms with E-state index < -0.39 is 0 Å². The zero-order chi connectivity index (χ0) is 12.3. The Morgan fingerprint density at radius 2 is 2.29 bits per heavy atom. The first-order valence-electron chi connectivity index (χ1n) is 5.69. The molecule has 1 N–H and O–H groups in total. The van der Waals surface area contributed by atoms with E-state index in [0.29, 0.717) is 6.42 Å². The van der Waals surface area contributed by atoms with Crippen LogP contribution in [0.15, 0.2) is 18.2 Å². The summed E-state index contributed by atoms with van der Waals surface area (Å²) in [7, 11) is 3.09. The van der Waals surface area contributed by atoms with Crippen molar-refractivity contribution in [3.05, 3.63) is 29.3 Å². The Morgan fingerprint density at radius 3 is 3.00 bits per heavy atom. The van der Waals surface area contributed by atoms with E-state index in [2.05, 4.69) is 11.4 Å². The lowest BCUT2D eigenvalue weighted by Crippen LogP contribution is -2.30. The Hall–Kier alpha value is -1.55. The number of nitrogens with one attached hydrogen (secondary N) is 1. The standard InChI is InChI=1S/C13H17NO3/c1-16-12-5-3-4-10-9(6-13(15)17-2)7-14-8-11(10)12/h3-5,9,14H,6-8H2,1-2H3. The van der Waals surface area contributed by atoms with Crippen LogP contribution in [0.4, 0.5) is 0 Å². The average molecular weight is 235 g/mol. The van der Waals surface area contributed by atoms with Gasteiger partial charge < -0.3 is 14.8 Å². The van der Waals surface area contributed by atoms with Gasteiger partial charge in [-0.2, -0.15) is 0 Å². The Morgan fingerprint density at radius 1 is 1.47 bits per heavy atom. The van der Waals surface area contributed by atoms with Crippen LogP contribution in [0.25, 0.3) is 0 Å². The SMILES string of the molecule is COC(=O)CC1CNCc2c(OC)cccc21. The van der Waals surface area contributed by atoms with Crippen molar-refractivity contribution in [3.8, 4) is 5.75 Å². The van der Waals surface area contributed by atoms with Gasteiger partial charge in [0, 0.05) is 24.6 Å². The molecule has 2 rings (SSSR count). The molecule has 0 bridgehead atoms. The van der Waals surface area contributed by atoms with E-state index in [1.807, 2.05) is 12.1 Å². The third-order valence-electron chi connectivity index (χ3n) is 3.16. The molecule has 4 heteroatoms. The fraction of sp³-hybridized carbons (Fsp3) is 0.462. The molecular weight excluding hydrogens is 218 g/mol. The predicted octanol–water partition coefficient (Wildman–Crippen LogP) is 1.45. The van der Waals surface area contributed by atoms with Gasteiger partial charge in [-0.05, 0) is 11.6 Å². The summed E-state index contributed by atoms with van der Waals surface area (Å²) < 4.78 is 10.1. The maximum atomic E-state index is 11.4. The third-order valence-corrected chi connectivity index (χ3v) is 3.16. The van der Waals surface area contributed by atoms with E-state index in [0.717, 1.165) is 24.4 Å². The third kappa shape index (κ3) is 2.42. The number of methoxy groups -OCH3 is 2. The van der Waals surface area contributed by atoms with Crippen LogP contribution in [0.2, 0.25) is 0 Å². The van der Waals surface area contributed by atoms with E-state index >= 15 is 0 Å². The highest BCUT2D eigenvalue weighted by Crippen LogP contribution is 2.32. The van der Waals surface area contributed by atoms with Crippen molar-refractivity contribution < 1.29 is 14.3 Å².